The number of amides is 1. The molecule has 1 amide bonds. The van der Waals surface area contributed by atoms with Crippen LogP contribution in [0.1, 0.15) is 47.0 Å². The standard InChI is InChI=1S/C20H37N5O3/c1-14(25(15-6-7-15)18(26)17-12-21-9-11-28-17)16-13-24(10-5-8-22-27)19(23-16)20(2,3)4/h13-15,17,19,21-23,27H,5-12H2,1-4H3/t14-,17-,19?/m1/s1. The van der Waals surface area contributed by atoms with E-state index in [0.29, 0.717) is 25.7 Å². The average Bonchev–Trinajstić information content (AvgIpc) is 3.39. The van der Waals surface area contributed by atoms with Gasteiger partial charge in [0.25, 0.3) is 5.91 Å². The number of morpholine rings is 1. The van der Waals surface area contributed by atoms with Gasteiger partial charge in [-0.05, 0) is 26.2 Å². The lowest BCUT2D eigenvalue weighted by Crippen LogP contribution is -2.54. The summed E-state index contributed by atoms with van der Waals surface area (Å²) in [6.07, 6.45) is 4.92. The number of hydrogen-bond donors (Lipinski definition) is 4. The number of rotatable bonds is 8. The van der Waals surface area contributed by atoms with Crippen molar-refractivity contribution in [1.29, 1.82) is 0 Å². The first-order valence-corrected chi connectivity index (χ1v) is 10.6. The van der Waals surface area contributed by atoms with Gasteiger partial charge in [0.2, 0.25) is 0 Å². The number of hydrogen-bond acceptors (Lipinski definition) is 7. The van der Waals surface area contributed by atoms with E-state index < -0.39 is 0 Å². The molecule has 0 radical (unpaired) electrons. The van der Waals surface area contributed by atoms with Crippen molar-refractivity contribution in [2.75, 3.05) is 32.8 Å². The van der Waals surface area contributed by atoms with Gasteiger partial charge in [0.1, 0.15) is 12.3 Å². The molecule has 3 atom stereocenters. The van der Waals surface area contributed by atoms with Crippen molar-refractivity contribution in [1.82, 2.24) is 25.9 Å². The Kier molecular flexibility index (Phi) is 6.85. The van der Waals surface area contributed by atoms with Crippen LogP contribution in [0.15, 0.2) is 11.9 Å². The number of ether oxygens (including phenoxy) is 1. The fourth-order valence-corrected chi connectivity index (χ4v) is 4.09. The largest absolute Gasteiger partial charge is 0.366 e. The smallest absolute Gasteiger partial charge is 0.253 e. The van der Waals surface area contributed by atoms with Crippen molar-refractivity contribution in [3.05, 3.63) is 11.9 Å². The molecular weight excluding hydrogens is 358 g/mol. The van der Waals surface area contributed by atoms with Gasteiger partial charge in [0.15, 0.2) is 0 Å². The van der Waals surface area contributed by atoms with E-state index >= 15 is 0 Å². The van der Waals surface area contributed by atoms with Crippen LogP contribution in [0.2, 0.25) is 0 Å². The van der Waals surface area contributed by atoms with Crippen molar-refractivity contribution in [3.63, 3.8) is 0 Å². The second-order valence-corrected chi connectivity index (χ2v) is 9.21. The van der Waals surface area contributed by atoms with Crippen LogP contribution in [0.25, 0.3) is 0 Å². The van der Waals surface area contributed by atoms with Crippen molar-refractivity contribution >= 4 is 5.91 Å². The highest BCUT2D eigenvalue weighted by Crippen LogP contribution is 2.34. The lowest BCUT2D eigenvalue weighted by Gasteiger charge is -2.37. The minimum atomic E-state index is -0.385. The summed E-state index contributed by atoms with van der Waals surface area (Å²) in [4.78, 5) is 17.5. The van der Waals surface area contributed by atoms with Crippen molar-refractivity contribution in [2.24, 2.45) is 5.41 Å². The highest BCUT2D eigenvalue weighted by atomic mass is 16.5. The van der Waals surface area contributed by atoms with E-state index in [9.17, 15) is 4.79 Å². The van der Waals surface area contributed by atoms with E-state index in [-0.39, 0.29) is 29.6 Å². The topological polar surface area (TPSA) is 89.1 Å². The number of carbonyl (C=O) groups excluding carboxylic acids is 1. The molecule has 0 aromatic rings. The normalized spacial score (nSPS) is 26.6. The zero-order valence-corrected chi connectivity index (χ0v) is 17.7. The van der Waals surface area contributed by atoms with E-state index in [4.69, 9.17) is 9.94 Å². The fourth-order valence-electron chi connectivity index (χ4n) is 4.09. The quantitative estimate of drug-likeness (QED) is 0.358. The van der Waals surface area contributed by atoms with Gasteiger partial charge in [-0.15, -0.1) is 0 Å². The Morgan fingerprint density at radius 1 is 1.46 bits per heavy atom. The maximum Gasteiger partial charge on any atom is 0.253 e. The molecule has 1 saturated carbocycles. The molecule has 8 nitrogen and oxygen atoms in total. The predicted octanol–water partition coefficient (Wildman–Crippen LogP) is 0.842. The Bertz CT molecular complexity index is 567. The predicted molar refractivity (Wildman–Crippen MR) is 108 cm³/mol. The maximum absolute atomic E-state index is 13.2. The van der Waals surface area contributed by atoms with Gasteiger partial charge in [-0.2, -0.15) is 0 Å². The average molecular weight is 396 g/mol. The lowest BCUT2D eigenvalue weighted by atomic mass is 9.91. The van der Waals surface area contributed by atoms with Gasteiger partial charge < -0.3 is 30.4 Å². The van der Waals surface area contributed by atoms with Gasteiger partial charge in [-0.1, -0.05) is 20.8 Å². The maximum atomic E-state index is 13.2. The summed E-state index contributed by atoms with van der Waals surface area (Å²) in [7, 11) is 0. The zero-order chi connectivity index (χ0) is 20.3. The Hall–Kier alpha value is -1.35. The molecule has 2 heterocycles. The van der Waals surface area contributed by atoms with E-state index in [2.05, 4.69) is 54.9 Å². The summed E-state index contributed by atoms with van der Waals surface area (Å²) in [5.74, 6) is 0.0974. The molecule has 0 aromatic heterocycles. The molecule has 0 bridgehead atoms. The molecule has 160 valence electrons. The van der Waals surface area contributed by atoms with Crippen LogP contribution in [0, 0.1) is 5.41 Å². The molecule has 28 heavy (non-hydrogen) atoms. The first kappa shape index (κ1) is 21.4. The van der Waals surface area contributed by atoms with E-state index in [1.807, 2.05) is 4.90 Å². The zero-order valence-electron chi connectivity index (χ0n) is 17.7. The molecule has 8 heteroatoms. The molecular formula is C20H37N5O3. The van der Waals surface area contributed by atoms with Gasteiger partial charge >= 0.3 is 0 Å². The second kappa shape index (κ2) is 8.98. The Balaban J connectivity index is 1.73. The van der Waals surface area contributed by atoms with Crippen molar-refractivity contribution in [3.8, 4) is 0 Å². The van der Waals surface area contributed by atoms with Crippen molar-refractivity contribution in [2.45, 2.75) is 71.3 Å². The first-order chi connectivity index (χ1) is 13.3. The Labute approximate surface area is 168 Å². The molecule has 1 aliphatic carbocycles. The fraction of sp³-hybridized carbons (Fsp3) is 0.850. The lowest BCUT2D eigenvalue weighted by molar-refractivity contribution is -0.147. The Morgan fingerprint density at radius 2 is 2.21 bits per heavy atom. The summed E-state index contributed by atoms with van der Waals surface area (Å²) >= 11 is 0. The van der Waals surface area contributed by atoms with Crippen molar-refractivity contribution < 1.29 is 14.7 Å². The number of nitrogens with one attached hydrogen (secondary N) is 3. The van der Waals surface area contributed by atoms with Crippen LogP contribution < -0.4 is 16.1 Å². The van der Waals surface area contributed by atoms with Gasteiger partial charge in [-0.3, -0.25) is 4.79 Å². The van der Waals surface area contributed by atoms with Gasteiger partial charge in [0.05, 0.1) is 18.3 Å². The molecule has 0 aromatic carbocycles. The van der Waals surface area contributed by atoms with E-state index in [1.54, 1.807) is 0 Å². The monoisotopic (exact) mass is 395 g/mol. The minimum absolute atomic E-state index is 0.0173. The van der Waals surface area contributed by atoms with Crippen LogP contribution in [-0.4, -0.2) is 78.1 Å². The molecule has 2 aliphatic heterocycles. The summed E-state index contributed by atoms with van der Waals surface area (Å²) in [5, 5.41) is 15.8. The van der Waals surface area contributed by atoms with Crippen LogP contribution in [0.5, 0.6) is 0 Å². The van der Waals surface area contributed by atoms with Crippen LogP contribution in [-0.2, 0) is 9.53 Å². The summed E-state index contributed by atoms with van der Waals surface area (Å²) in [6, 6.07) is 0.299. The van der Waals surface area contributed by atoms with Crippen LogP contribution in [0.4, 0.5) is 0 Å². The summed E-state index contributed by atoms with van der Waals surface area (Å²) in [6.45, 7) is 12.1. The second-order valence-electron chi connectivity index (χ2n) is 9.21. The minimum Gasteiger partial charge on any atom is -0.366 e. The van der Waals surface area contributed by atoms with Gasteiger partial charge in [-0.25, -0.2) is 5.48 Å². The number of nitrogens with zero attached hydrogens (tertiary/aromatic N) is 2. The molecule has 2 fully saturated rings. The molecule has 3 rings (SSSR count). The SMILES string of the molecule is C[C@H](C1=CN(CCCNO)C(C(C)(C)C)N1)N(C(=O)[C@H]1CNCCO1)C1CC1. The molecule has 1 unspecified atom stereocenters. The van der Waals surface area contributed by atoms with Crippen LogP contribution in [0.3, 0.4) is 0 Å². The number of carbonyl (C=O) groups is 1. The summed E-state index contributed by atoms with van der Waals surface area (Å²) < 4.78 is 5.74. The summed E-state index contributed by atoms with van der Waals surface area (Å²) in [5.41, 5.74) is 3.35. The van der Waals surface area contributed by atoms with E-state index in [0.717, 1.165) is 38.0 Å². The highest BCUT2D eigenvalue weighted by molar-refractivity contribution is 5.82. The third-order valence-corrected chi connectivity index (χ3v) is 5.73. The highest BCUT2D eigenvalue weighted by Gasteiger charge is 2.43. The van der Waals surface area contributed by atoms with E-state index in [1.165, 1.54) is 0 Å². The molecule has 1 saturated heterocycles. The molecule has 3 aliphatic rings. The molecule has 4 N–H and O–H groups in total. The molecule has 0 spiro atoms. The first-order valence-electron chi connectivity index (χ1n) is 10.6. The Morgan fingerprint density at radius 3 is 2.79 bits per heavy atom. The third-order valence-electron chi connectivity index (χ3n) is 5.73. The van der Waals surface area contributed by atoms with Gasteiger partial charge in [0, 0.05) is 43.8 Å². The number of hydroxylamine groups is 1. The third kappa shape index (κ3) is 4.97. The van der Waals surface area contributed by atoms with Crippen LogP contribution >= 0.6 is 0 Å².